The zero-order chi connectivity index (χ0) is 65.8. The van der Waals surface area contributed by atoms with Crippen molar-refractivity contribution >= 4 is 78.4 Å². The van der Waals surface area contributed by atoms with E-state index in [-0.39, 0.29) is 81.6 Å². The first-order chi connectivity index (χ1) is 45.1. The summed E-state index contributed by atoms with van der Waals surface area (Å²) in [6, 6.07) is 22.8. The summed E-state index contributed by atoms with van der Waals surface area (Å²) in [4.78, 5) is 56.5. The molecule has 0 aromatic heterocycles. The fourth-order valence-electron chi connectivity index (χ4n) is 16.2. The van der Waals surface area contributed by atoms with E-state index in [0.29, 0.717) is 89.8 Å². The molecular formula is C72H86Cl2N4O14S2. The number of ether oxygens (including phenoxy) is 6. The second kappa shape index (κ2) is 27.0. The van der Waals surface area contributed by atoms with Crippen molar-refractivity contribution in [2.75, 3.05) is 62.4 Å². The van der Waals surface area contributed by atoms with Gasteiger partial charge in [0.05, 0.1) is 60.5 Å². The number of allylic oxidation sites excluding steroid dienone is 2. The third-order valence-corrected chi connectivity index (χ3v) is 26.7. The highest BCUT2D eigenvalue weighted by atomic mass is 35.5. The first-order valence-corrected chi connectivity index (χ1v) is 37.6. The fourth-order valence-corrected chi connectivity index (χ4v) is 19.1. The number of hydrogen-bond donors (Lipinski definition) is 2. The molecule has 22 heteroatoms. The Hall–Kier alpha value is -6.16. The first-order valence-electron chi connectivity index (χ1n) is 33.8. The number of amides is 2. The quantitative estimate of drug-likeness (QED) is 0.143. The Balaban J connectivity index is 0.000000171. The topological polar surface area (TPSA) is 222 Å². The number of fused-ring (bicyclic) bond motifs is 8. The lowest BCUT2D eigenvalue weighted by atomic mass is 9.68. The predicted octanol–water partition coefficient (Wildman–Crippen LogP) is 11.2. The van der Waals surface area contributed by atoms with Crippen LogP contribution in [-0.4, -0.2) is 128 Å². The Kier molecular flexibility index (Phi) is 19.1. The van der Waals surface area contributed by atoms with Crippen LogP contribution in [0.4, 0.5) is 11.4 Å². The summed E-state index contributed by atoms with van der Waals surface area (Å²) < 4.78 is 94.7. The monoisotopic (exact) mass is 1360 g/mol. The summed E-state index contributed by atoms with van der Waals surface area (Å²) in [6.45, 7) is 11.4. The third kappa shape index (κ3) is 13.5. The number of carbonyl (C=O) groups excluding carboxylic acids is 4. The molecule has 10 aliphatic rings. The maximum Gasteiger partial charge on any atom is 0.335 e. The van der Waals surface area contributed by atoms with Gasteiger partial charge in [-0.1, -0.05) is 73.5 Å². The highest BCUT2D eigenvalue weighted by Gasteiger charge is 2.49. The molecule has 6 aliphatic heterocycles. The van der Waals surface area contributed by atoms with E-state index in [4.69, 9.17) is 51.6 Å². The molecule has 2 amide bonds. The van der Waals surface area contributed by atoms with Crippen molar-refractivity contribution in [1.29, 1.82) is 0 Å². The molecule has 2 saturated heterocycles. The minimum absolute atomic E-state index is 0.163. The van der Waals surface area contributed by atoms with Crippen molar-refractivity contribution in [2.24, 2.45) is 35.5 Å². The molecule has 0 radical (unpaired) electrons. The van der Waals surface area contributed by atoms with Crippen LogP contribution >= 0.6 is 23.2 Å². The summed E-state index contributed by atoms with van der Waals surface area (Å²) in [5, 5.41) is -0.184. The van der Waals surface area contributed by atoms with Gasteiger partial charge >= 0.3 is 11.9 Å². The summed E-state index contributed by atoms with van der Waals surface area (Å²) in [5.41, 5.74) is 6.48. The standard InChI is InChI=1S/2C36H43ClN2O7S/c2*1-22-5-3-7-31(46-33-14-16-44-35(33)41)28-11-8-26(28)19-39-20-36(15-4-6-24-17-27(37)10-12-29(24)36)21-45-32-13-9-25(18-30(32)39)34(40)38-47(42,43)23(22)2/h2*3,7,9-10,12-13,17-18,22-23,26,28,31,33H,4-6,8,11,14-16,19-21H2,1-2H3,(H,38,40)/b2*7-3+/t22-,23+,26-,28+,31-,33+,36-;22-,23+,26-,28+,31-,33-,36-/m00/s1. The Bertz CT molecular complexity index is 3640. The lowest BCUT2D eigenvalue weighted by Crippen LogP contribution is -2.50. The lowest BCUT2D eigenvalue weighted by Gasteiger charge is -2.46. The van der Waals surface area contributed by atoms with Gasteiger partial charge in [-0.2, -0.15) is 0 Å². The number of carbonyl (C=O) groups is 4. The molecule has 4 aromatic rings. The van der Waals surface area contributed by atoms with Crippen molar-refractivity contribution in [1.82, 2.24) is 9.44 Å². The molecule has 2 saturated carbocycles. The van der Waals surface area contributed by atoms with Crippen molar-refractivity contribution in [3.8, 4) is 11.5 Å². The Labute approximate surface area is 562 Å². The van der Waals surface area contributed by atoms with Crippen molar-refractivity contribution < 1.29 is 64.4 Å². The van der Waals surface area contributed by atoms with E-state index in [1.165, 1.54) is 22.3 Å². The molecule has 4 aliphatic carbocycles. The minimum atomic E-state index is -3.97. The van der Waals surface area contributed by atoms with E-state index in [2.05, 4.69) is 43.5 Å². The SMILES string of the molecule is C[C@@H]1[C@@H](C)C/C=C/[C@H](O[C@@H]2CCOC2=O)[C@@H]2CC[C@H]2CN2C[C@@]3(CCCc4cc(Cl)ccc43)COc3ccc(cc32)C(=O)NS1(=O)=O.C[C@@H]1[C@@H](C)C/C=C/[C@H](O[C@H]2CCOC2=O)[C@@H]2CC[C@H]2CN2C[C@@]3(CCCc4cc(Cl)ccc43)COc3ccc(cc32)C(=O)NS1(=O)=O. The van der Waals surface area contributed by atoms with Crippen molar-refractivity contribution in [2.45, 2.75) is 163 Å². The molecule has 4 bridgehead atoms. The number of nitrogens with zero attached hydrogens (tertiary/aromatic N) is 2. The number of hydrogen-bond acceptors (Lipinski definition) is 16. The van der Waals surface area contributed by atoms with E-state index in [1.807, 2.05) is 50.3 Å². The van der Waals surface area contributed by atoms with Crippen LogP contribution in [0.2, 0.25) is 10.0 Å². The number of sulfonamides is 2. The van der Waals surface area contributed by atoms with Crippen LogP contribution in [0.1, 0.15) is 148 Å². The van der Waals surface area contributed by atoms with Crippen LogP contribution in [0.3, 0.4) is 0 Å². The molecule has 14 atom stereocenters. The number of anilines is 2. The molecule has 2 spiro atoms. The summed E-state index contributed by atoms with van der Waals surface area (Å²) in [6.07, 6.45) is 17.9. The maximum absolute atomic E-state index is 13.5. The largest absolute Gasteiger partial charge is 0.490 e. The highest BCUT2D eigenvalue weighted by Crippen LogP contribution is 2.50. The van der Waals surface area contributed by atoms with E-state index >= 15 is 0 Å². The van der Waals surface area contributed by atoms with E-state index in [1.54, 1.807) is 50.2 Å². The average Bonchev–Trinajstić information content (AvgIpc) is 1.48. The van der Waals surface area contributed by atoms with Crippen molar-refractivity contribution in [3.05, 3.63) is 141 Å². The van der Waals surface area contributed by atoms with E-state index in [9.17, 15) is 36.0 Å². The Morgan fingerprint density at radius 3 is 1.34 bits per heavy atom. The lowest BCUT2D eigenvalue weighted by molar-refractivity contribution is -0.152. The molecule has 2 N–H and O–H groups in total. The number of nitrogens with one attached hydrogen (secondary N) is 2. The number of halogens is 2. The maximum atomic E-state index is 13.5. The molecule has 6 heterocycles. The van der Waals surface area contributed by atoms with Crippen LogP contribution in [-0.2, 0) is 72.3 Å². The van der Waals surface area contributed by atoms with Gasteiger partial charge in [-0.05, 0) is 209 Å². The summed E-state index contributed by atoms with van der Waals surface area (Å²) in [5.74, 6) is -0.282. The molecule has 94 heavy (non-hydrogen) atoms. The Morgan fingerprint density at radius 2 is 0.957 bits per heavy atom. The van der Waals surface area contributed by atoms with Crippen LogP contribution < -0.4 is 28.7 Å². The van der Waals surface area contributed by atoms with Crippen molar-refractivity contribution in [3.63, 3.8) is 0 Å². The number of benzene rings is 4. The normalized spacial score (nSPS) is 34.1. The van der Waals surface area contributed by atoms with Gasteiger partial charge in [0.15, 0.2) is 12.2 Å². The molecule has 504 valence electrons. The van der Waals surface area contributed by atoms with Gasteiger partial charge in [-0.25, -0.2) is 35.9 Å². The average molecular weight is 1370 g/mol. The number of esters is 2. The molecular weight excluding hydrogens is 1280 g/mol. The van der Waals surface area contributed by atoms with E-state index < -0.39 is 54.6 Å². The van der Waals surface area contributed by atoms with Crippen LogP contribution in [0, 0.1) is 35.5 Å². The van der Waals surface area contributed by atoms with Gasteiger partial charge in [0.25, 0.3) is 11.8 Å². The number of rotatable bonds is 4. The molecule has 14 rings (SSSR count). The second-order valence-corrected chi connectivity index (χ2v) is 33.3. The Morgan fingerprint density at radius 1 is 0.532 bits per heavy atom. The summed E-state index contributed by atoms with van der Waals surface area (Å²) in [7, 11) is -7.93. The van der Waals surface area contributed by atoms with Gasteiger partial charge in [-0.15, -0.1) is 0 Å². The first kappa shape index (κ1) is 66.5. The summed E-state index contributed by atoms with van der Waals surface area (Å²) >= 11 is 12.9. The van der Waals surface area contributed by atoms with Gasteiger partial charge < -0.3 is 38.2 Å². The molecule has 18 nitrogen and oxygen atoms in total. The van der Waals surface area contributed by atoms with Crippen LogP contribution in [0.15, 0.2) is 97.1 Å². The molecule has 4 fully saturated rings. The second-order valence-electron chi connectivity index (χ2n) is 28.3. The number of aryl methyl sites for hydroxylation is 2. The smallest absolute Gasteiger partial charge is 0.335 e. The fraction of sp³-hybridized carbons (Fsp3) is 0.556. The highest BCUT2D eigenvalue weighted by molar-refractivity contribution is 7.91. The molecule has 4 aromatic carbocycles. The minimum Gasteiger partial charge on any atom is -0.490 e. The van der Waals surface area contributed by atoms with Crippen LogP contribution in [0.5, 0.6) is 11.5 Å². The van der Waals surface area contributed by atoms with Gasteiger partial charge in [0.1, 0.15) is 11.5 Å². The van der Waals surface area contributed by atoms with Gasteiger partial charge in [0, 0.05) is 71.0 Å². The third-order valence-electron chi connectivity index (χ3n) is 22.4. The predicted molar refractivity (Wildman–Crippen MR) is 359 cm³/mol. The molecule has 0 unspecified atom stereocenters. The zero-order valence-electron chi connectivity index (χ0n) is 53.9. The number of cyclic esters (lactones) is 2. The van der Waals surface area contributed by atoms with Gasteiger partial charge in [-0.3, -0.25) is 9.59 Å². The zero-order valence-corrected chi connectivity index (χ0v) is 57.0. The van der Waals surface area contributed by atoms with Gasteiger partial charge in [0.2, 0.25) is 20.0 Å². The van der Waals surface area contributed by atoms with E-state index in [0.717, 1.165) is 85.6 Å². The van der Waals surface area contributed by atoms with Crippen LogP contribution in [0.25, 0.3) is 0 Å².